The van der Waals surface area contributed by atoms with E-state index in [0.717, 1.165) is 48.2 Å². The van der Waals surface area contributed by atoms with E-state index in [-0.39, 0.29) is 12.2 Å². The van der Waals surface area contributed by atoms with Crippen molar-refractivity contribution in [1.29, 1.82) is 0 Å². The minimum absolute atomic E-state index is 0.186. The van der Waals surface area contributed by atoms with Gasteiger partial charge in [-0.05, 0) is 76.5 Å². The number of fused-ring (bicyclic) bond motifs is 1. The van der Waals surface area contributed by atoms with Crippen molar-refractivity contribution in [3.8, 4) is 5.75 Å². The summed E-state index contributed by atoms with van der Waals surface area (Å²) in [7, 11) is 1.64. The number of aromatic nitrogens is 2. The van der Waals surface area contributed by atoms with E-state index in [9.17, 15) is 9.90 Å². The number of carbonyl (C=O) groups is 1. The van der Waals surface area contributed by atoms with Crippen LogP contribution in [0.3, 0.4) is 0 Å². The molecule has 0 saturated heterocycles. The molecule has 5 rings (SSSR count). The van der Waals surface area contributed by atoms with Crippen molar-refractivity contribution in [2.75, 3.05) is 30.9 Å². The number of nitrogens with zero attached hydrogens (tertiary/aromatic N) is 3. The molecule has 36 heavy (non-hydrogen) atoms. The number of ether oxygens (including phenoxy) is 1. The third-order valence-corrected chi connectivity index (χ3v) is 7.67. The maximum absolute atomic E-state index is 12.0. The lowest BCUT2D eigenvalue weighted by atomic mass is 9.79. The molecule has 1 aliphatic heterocycles. The lowest BCUT2D eigenvalue weighted by Crippen LogP contribution is -2.47. The van der Waals surface area contributed by atoms with Gasteiger partial charge in [0, 0.05) is 36.4 Å². The number of primary amides is 1. The zero-order valence-corrected chi connectivity index (χ0v) is 21.6. The highest BCUT2D eigenvalue weighted by Crippen LogP contribution is 2.38. The Morgan fingerprint density at radius 3 is 2.75 bits per heavy atom. The molecule has 0 atom stereocenters. The number of halogens is 1. The van der Waals surface area contributed by atoms with Crippen molar-refractivity contribution in [3.05, 3.63) is 63.8 Å². The molecule has 2 aromatic carbocycles. The van der Waals surface area contributed by atoms with Crippen molar-refractivity contribution < 1.29 is 14.6 Å². The number of carbonyl (C=O) groups excluding carboxylic acids is 1. The van der Waals surface area contributed by atoms with Gasteiger partial charge in [-0.3, -0.25) is 9.69 Å². The first-order chi connectivity index (χ1) is 17.4. The largest absolute Gasteiger partial charge is 0.495 e. The number of hydrogen-bond donors (Lipinski definition) is 4. The van der Waals surface area contributed by atoms with Gasteiger partial charge >= 0.3 is 0 Å². The summed E-state index contributed by atoms with van der Waals surface area (Å²) in [6, 6.07) is 12.2. The molecule has 0 unspecified atom stereocenters. The number of amides is 1. The first kappa shape index (κ1) is 24.5. The van der Waals surface area contributed by atoms with Crippen molar-refractivity contribution in [2.24, 2.45) is 11.7 Å². The normalized spacial score (nSPS) is 19.2. The van der Waals surface area contributed by atoms with Gasteiger partial charge in [0.15, 0.2) is 0 Å². The van der Waals surface area contributed by atoms with E-state index >= 15 is 0 Å². The summed E-state index contributed by atoms with van der Waals surface area (Å²) >= 11 is 3.50. The molecule has 10 heteroatoms. The van der Waals surface area contributed by atoms with Gasteiger partial charge in [-0.1, -0.05) is 12.1 Å². The third-order valence-electron chi connectivity index (χ3n) is 6.98. The van der Waals surface area contributed by atoms with Crippen molar-refractivity contribution in [2.45, 2.75) is 31.8 Å². The Morgan fingerprint density at radius 1 is 1.22 bits per heavy atom. The molecule has 1 amide bonds. The Bertz CT molecular complexity index is 1280. The summed E-state index contributed by atoms with van der Waals surface area (Å²) in [6.07, 6.45) is 4.48. The molecule has 1 saturated carbocycles. The van der Waals surface area contributed by atoms with Crippen LogP contribution in [0.2, 0.25) is 0 Å². The predicted octanol–water partition coefficient (Wildman–Crippen LogP) is 3.96. The van der Waals surface area contributed by atoms with Crippen LogP contribution in [0.4, 0.5) is 23.1 Å². The molecular weight excluding hydrogens is 524 g/mol. The first-order valence-electron chi connectivity index (χ1n) is 11.9. The Kier molecular flexibility index (Phi) is 7.08. The Labute approximate surface area is 218 Å². The van der Waals surface area contributed by atoms with Crippen LogP contribution in [-0.4, -0.2) is 52.2 Å². The van der Waals surface area contributed by atoms with Crippen LogP contribution in [0.5, 0.6) is 5.75 Å². The fraction of sp³-hybridized carbons (Fsp3) is 0.346. The van der Waals surface area contributed by atoms with E-state index in [1.807, 2.05) is 24.3 Å². The number of nitrogens with one attached hydrogen (secondary N) is 2. The summed E-state index contributed by atoms with van der Waals surface area (Å²) in [6.45, 7) is 2.14. The molecule has 0 spiro atoms. The lowest BCUT2D eigenvalue weighted by molar-refractivity contribution is 0.0373. The van der Waals surface area contributed by atoms with Gasteiger partial charge in [0.05, 0.1) is 18.5 Å². The fourth-order valence-electron chi connectivity index (χ4n) is 4.86. The highest BCUT2D eigenvalue weighted by atomic mass is 79.9. The number of anilines is 4. The molecule has 2 heterocycles. The van der Waals surface area contributed by atoms with Crippen LogP contribution in [0.1, 0.15) is 34.3 Å². The topological polar surface area (TPSA) is 126 Å². The van der Waals surface area contributed by atoms with Crippen LogP contribution in [0.25, 0.3) is 0 Å². The molecule has 2 aliphatic rings. The van der Waals surface area contributed by atoms with Crippen LogP contribution in [0, 0.1) is 5.92 Å². The number of nitrogens with two attached hydrogens (primary N) is 1. The van der Waals surface area contributed by atoms with E-state index in [1.165, 1.54) is 17.3 Å². The van der Waals surface area contributed by atoms with E-state index in [2.05, 4.69) is 53.6 Å². The SMILES string of the molecule is COc1cc2c(cc1Nc1ncc(C(N)=O)c(Nc3ccccc3Br)n1)CN(C1CC(CO)C1)CC2. The fourth-order valence-corrected chi connectivity index (χ4v) is 5.25. The number of methoxy groups -OCH3 is 1. The second-order valence-corrected chi connectivity index (χ2v) is 10.1. The highest BCUT2D eigenvalue weighted by molar-refractivity contribution is 9.10. The third kappa shape index (κ3) is 5.02. The molecule has 0 bridgehead atoms. The Hall–Kier alpha value is -3.21. The summed E-state index contributed by atoms with van der Waals surface area (Å²) in [4.78, 5) is 23.4. The van der Waals surface area contributed by atoms with Crippen molar-refractivity contribution in [1.82, 2.24) is 14.9 Å². The zero-order valence-electron chi connectivity index (χ0n) is 20.0. The van der Waals surface area contributed by atoms with Gasteiger partial charge in [0.1, 0.15) is 17.1 Å². The summed E-state index contributed by atoms with van der Waals surface area (Å²) in [5.74, 6) is 1.13. The summed E-state index contributed by atoms with van der Waals surface area (Å²) in [5, 5.41) is 15.8. The summed E-state index contributed by atoms with van der Waals surface area (Å²) in [5.41, 5.74) is 9.76. The number of aliphatic hydroxyl groups is 1. The maximum Gasteiger partial charge on any atom is 0.254 e. The average molecular weight is 553 g/mol. The molecule has 5 N–H and O–H groups in total. The standard InChI is InChI=1S/C26H29BrN6O3/c1-36-23-11-16-6-7-33(18-8-15(9-18)14-34)13-17(16)10-22(23)31-26-29-12-19(24(28)35)25(32-26)30-21-5-3-2-4-20(21)27/h2-5,10-12,15,18,34H,6-9,13-14H2,1H3,(H2,28,35)(H2,29,30,31,32). The molecule has 0 radical (unpaired) electrons. The predicted molar refractivity (Wildman–Crippen MR) is 142 cm³/mol. The van der Waals surface area contributed by atoms with Crippen molar-refractivity contribution in [3.63, 3.8) is 0 Å². The number of benzene rings is 2. The monoisotopic (exact) mass is 552 g/mol. The van der Waals surface area contributed by atoms with Gasteiger partial charge in [0.25, 0.3) is 5.91 Å². The molecule has 1 fully saturated rings. The molecule has 9 nitrogen and oxygen atoms in total. The quantitative estimate of drug-likeness (QED) is 0.331. The highest BCUT2D eigenvalue weighted by Gasteiger charge is 2.34. The smallest absolute Gasteiger partial charge is 0.254 e. The van der Waals surface area contributed by atoms with E-state index < -0.39 is 5.91 Å². The van der Waals surface area contributed by atoms with Crippen LogP contribution >= 0.6 is 15.9 Å². The minimum Gasteiger partial charge on any atom is -0.495 e. The Balaban J connectivity index is 1.40. The van der Waals surface area contributed by atoms with Crippen LogP contribution in [0.15, 0.2) is 47.1 Å². The second kappa shape index (κ2) is 10.4. The zero-order chi connectivity index (χ0) is 25.2. The molecular formula is C26H29BrN6O3. The van der Waals surface area contributed by atoms with Crippen LogP contribution in [-0.2, 0) is 13.0 Å². The van der Waals surface area contributed by atoms with Gasteiger partial charge < -0.3 is 26.2 Å². The Morgan fingerprint density at radius 2 is 2.03 bits per heavy atom. The number of para-hydroxylation sites is 1. The first-order valence-corrected chi connectivity index (χ1v) is 12.7. The van der Waals surface area contributed by atoms with Crippen LogP contribution < -0.4 is 21.1 Å². The molecule has 188 valence electrons. The van der Waals surface area contributed by atoms with E-state index in [0.29, 0.717) is 29.5 Å². The lowest BCUT2D eigenvalue weighted by Gasteiger charge is -2.44. The van der Waals surface area contributed by atoms with Crippen molar-refractivity contribution >= 4 is 45.0 Å². The van der Waals surface area contributed by atoms with E-state index in [1.54, 1.807) is 7.11 Å². The number of rotatable bonds is 8. The molecule has 3 aromatic rings. The van der Waals surface area contributed by atoms with Gasteiger partial charge in [-0.25, -0.2) is 4.98 Å². The van der Waals surface area contributed by atoms with Gasteiger partial charge in [0.2, 0.25) is 5.95 Å². The summed E-state index contributed by atoms with van der Waals surface area (Å²) < 4.78 is 6.49. The van der Waals surface area contributed by atoms with E-state index in [4.69, 9.17) is 10.5 Å². The number of hydrogen-bond acceptors (Lipinski definition) is 8. The molecule has 1 aromatic heterocycles. The minimum atomic E-state index is -0.623. The molecule has 1 aliphatic carbocycles. The van der Waals surface area contributed by atoms with Gasteiger partial charge in [-0.15, -0.1) is 0 Å². The second-order valence-electron chi connectivity index (χ2n) is 9.27. The number of aliphatic hydroxyl groups excluding tert-OH is 1. The average Bonchev–Trinajstić information content (AvgIpc) is 2.84. The maximum atomic E-state index is 12.0. The van der Waals surface area contributed by atoms with Gasteiger partial charge in [-0.2, -0.15) is 4.98 Å².